The maximum absolute atomic E-state index is 10.4. The van der Waals surface area contributed by atoms with Crippen LogP contribution in [0.1, 0.15) is 105 Å². The monoisotopic (exact) mass is 402 g/mol. The third-order valence-electron chi connectivity index (χ3n) is 11.3. The Morgan fingerprint density at radius 2 is 1.76 bits per heavy atom. The Kier molecular flexibility index (Phi) is 4.99. The van der Waals surface area contributed by atoms with E-state index in [2.05, 4.69) is 34.6 Å². The van der Waals surface area contributed by atoms with Crippen LogP contribution in [0.3, 0.4) is 0 Å². The molecule has 1 aliphatic heterocycles. The standard InChI is InChI=1S/C27H46O2/c1-17(2)7-6-8-18(3)21-9-10-22-20-15-24-27(29-24)16-19(28)11-14-26(27,5)23(20)12-13-25(21,22)4/h17-24,28H,6-16H2,1-5H3/t18-,19-,20+,21-,22-,23+,24-,25+,26+,27-/m0/s1. The molecule has 0 unspecified atom stereocenters. The molecule has 5 fully saturated rings. The summed E-state index contributed by atoms with van der Waals surface area (Å²) < 4.78 is 6.51. The fourth-order valence-electron chi connectivity index (χ4n) is 9.68. The highest BCUT2D eigenvalue weighted by Gasteiger charge is 2.76. The van der Waals surface area contributed by atoms with Gasteiger partial charge in [0, 0.05) is 11.8 Å². The Bertz CT molecular complexity index is 630. The molecule has 0 aromatic heterocycles. The van der Waals surface area contributed by atoms with Crippen molar-refractivity contribution in [2.75, 3.05) is 0 Å². The van der Waals surface area contributed by atoms with Gasteiger partial charge in [0.25, 0.3) is 0 Å². The van der Waals surface area contributed by atoms with Crippen LogP contribution in [-0.2, 0) is 4.74 Å². The fraction of sp³-hybridized carbons (Fsp3) is 1.00. The van der Waals surface area contributed by atoms with Crippen molar-refractivity contribution in [3.8, 4) is 0 Å². The van der Waals surface area contributed by atoms with Crippen LogP contribution in [-0.4, -0.2) is 22.9 Å². The van der Waals surface area contributed by atoms with Crippen molar-refractivity contribution >= 4 is 0 Å². The molecule has 0 bridgehead atoms. The van der Waals surface area contributed by atoms with E-state index < -0.39 is 0 Å². The lowest BCUT2D eigenvalue weighted by atomic mass is 9.44. The lowest BCUT2D eigenvalue weighted by Gasteiger charge is -2.59. The lowest BCUT2D eigenvalue weighted by Crippen LogP contribution is -2.58. The van der Waals surface area contributed by atoms with Crippen molar-refractivity contribution < 1.29 is 9.84 Å². The maximum atomic E-state index is 10.4. The molecule has 4 aliphatic carbocycles. The predicted octanol–water partition coefficient (Wildman–Crippen LogP) is 6.60. The minimum Gasteiger partial charge on any atom is -0.393 e. The zero-order chi connectivity index (χ0) is 20.6. The first-order valence-corrected chi connectivity index (χ1v) is 13.1. The lowest BCUT2D eigenvalue weighted by molar-refractivity contribution is -0.116. The SMILES string of the molecule is CC(C)CCC[C@H](C)[C@@H]1CC[C@H]2[C@H]3C[C@@H]4O[C@@]45C[C@@H](O)CC[C@]5(C)[C@@H]3CC[C@@]21C. The summed E-state index contributed by atoms with van der Waals surface area (Å²) in [7, 11) is 0. The molecule has 5 aliphatic rings. The van der Waals surface area contributed by atoms with Crippen LogP contribution in [0.4, 0.5) is 0 Å². The van der Waals surface area contributed by atoms with Crippen LogP contribution in [0.25, 0.3) is 0 Å². The normalized spacial score (nSPS) is 54.3. The Morgan fingerprint density at radius 1 is 0.966 bits per heavy atom. The zero-order valence-electron chi connectivity index (χ0n) is 19.8. The van der Waals surface area contributed by atoms with E-state index in [0.717, 1.165) is 48.3 Å². The summed E-state index contributed by atoms with van der Waals surface area (Å²) in [6.45, 7) is 12.6. The first kappa shape index (κ1) is 20.8. The van der Waals surface area contributed by atoms with Gasteiger partial charge in [-0.3, -0.25) is 0 Å². The molecule has 10 atom stereocenters. The molecular weight excluding hydrogens is 356 g/mol. The number of epoxide rings is 1. The second-order valence-corrected chi connectivity index (χ2v) is 13.0. The Morgan fingerprint density at radius 3 is 2.52 bits per heavy atom. The van der Waals surface area contributed by atoms with Gasteiger partial charge >= 0.3 is 0 Å². The largest absolute Gasteiger partial charge is 0.393 e. The fourth-order valence-corrected chi connectivity index (χ4v) is 9.68. The number of aliphatic hydroxyl groups is 1. The number of ether oxygens (including phenoxy) is 1. The number of hydrogen-bond acceptors (Lipinski definition) is 2. The quantitative estimate of drug-likeness (QED) is 0.525. The molecule has 5 rings (SSSR count). The highest BCUT2D eigenvalue weighted by Crippen LogP contribution is 2.74. The van der Waals surface area contributed by atoms with Crippen LogP contribution in [0.5, 0.6) is 0 Å². The van der Waals surface area contributed by atoms with E-state index >= 15 is 0 Å². The van der Waals surface area contributed by atoms with E-state index in [-0.39, 0.29) is 11.7 Å². The summed E-state index contributed by atoms with van der Waals surface area (Å²) in [6.07, 6.45) is 14.8. The second kappa shape index (κ2) is 6.96. The molecule has 2 heteroatoms. The van der Waals surface area contributed by atoms with Crippen LogP contribution >= 0.6 is 0 Å². The van der Waals surface area contributed by atoms with Crippen molar-refractivity contribution in [1.82, 2.24) is 0 Å². The number of fused-ring (bicyclic) bond motifs is 4. The van der Waals surface area contributed by atoms with Gasteiger partial charge in [-0.1, -0.05) is 53.9 Å². The Hall–Kier alpha value is -0.0800. The van der Waals surface area contributed by atoms with Gasteiger partial charge in [0.2, 0.25) is 0 Å². The van der Waals surface area contributed by atoms with E-state index in [9.17, 15) is 5.11 Å². The highest BCUT2D eigenvalue weighted by atomic mass is 16.6. The summed E-state index contributed by atoms with van der Waals surface area (Å²) in [4.78, 5) is 0. The van der Waals surface area contributed by atoms with Crippen molar-refractivity contribution in [3.63, 3.8) is 0 Å². The molecule has 1 spiro atoms. The van der Waals surface area contributed by atoms with Crippen LogP contribution < -0.4 is 0 Å². The number of hydrogen-bond donors (Lipinski definition) is 1. The second-order valence-electron chi connectivity index (χ2n) is 13.0. The highest BCUT2D eigenvalue weighted by molar-refractivity contribution is 5.24. The molecule has 29 heavy (non-hydrogen) atoms. The molecule has 0 radical (unpaired) electrons. The maximum Gasteiger partial charge on any atom is 0.103 e. The van der Waals surface area contributed by atoms with Gasteiger partial charge in [0.15, 0.2) is 0 Å². The average Bonchev–Trinajstić information content (AvgIpc) is 3.22. The van der Waals surface area contributed by atoms with Crippen molar-refractivity contribution in [1.29, 1.82) is 0 Å². The molecule has 0 aromatic carbocycles. The van der Waals surface area contributed by atoms with Crippen molar-refractivity contribution in [2.45, 2.75) is 123 Å². The van der Waals surface area contributed by atoms with Crippen molar-refractivity contribution in [2.24, 2.45) is 46.3 Å². The molecule has 1 heterocycles. The van der Waals surface area contributed by atoms with Gasteiger partial charge in [-0.25, -0.2) is 0 Å². The van der Waals surface area contributed by atoms with E-state index in [0.29, 0.717) is 16.9 Å². The molecule has 2 nitrogen and oxygen atoms in total. The summed E-state index contributed by atoms with van der Waals surface area (Å²) in [6, 6.07) is 0. The Balaban J connectivity index is 1.33. The zero-order valence-corrected chi connectivity index (χ0v) is 19.8. The van der Waals surface area contributed by atoms with Gasteiger partial charge in [-0.15, -0.1) is 0 Å². The molecule has 0 aromatic rings. The summed E-state index contributed by atoms with van der Waals surface area (Å²) in [5, 5.41) is 10.4. The van der Waals surface area contributed by atoms with Gasteiger partial charge in [-0.2, -0.15) is 0 Å². The topological polar surface area (TPSA) is 32.8 Å². The molecule has 1 saturated heterocycles. The number of aliphatic hydroxyl groups excluding tert-OH is 1. The van der Waals surface area contributed by atoms with Gasteiger partial charge in [0.05, 0.1) is 12.2 Å². The van der Waals surface area contributed by atoms with Crippen LogP contribution in [0, 0.1) is 46.3 Å². The van der Waals surface area contributed by atoms with Gasteiger partial charge in [0.1, 0.15) is 5.60 Å². The number of rotatable bonds is 5. The molecule has 0 amide bonds. The van der Waals surface area contributed by atoms with Gasteiger partial charge in [-0.05, 0) is 85.9 Å². The minimum absolute atomic E-state index is 0.0434. The smallest absolute Gasteiger partial charge is 0.103 e. The first-order valence-electron chi connectivity index (χ1n) is 13.1. The van der Waals surface area contributed by atoms with E-state index in [1.54, 1.807) is 0 Å². The summed E-state index contributed by atoms with van der Waals surface area (Å²) >= 11 is 0. The Labute approximate surface area is 179 Å². The van der Waals surface area contributed by atoms with Crippen LogP contribution in [0.15, 0.2) is 0 Å². The third kappa shape index (κ3) is 2.94. The third-order valence-corrected chi connectivity index (χ3v) is 11.3. The predicted molar refractivity (Wildman–Crippen MR) is 119 cm³/mol. The van der Waals surface area contributed by atoms with E-state index in [4.69, 9.17) is 4.74 Å². The van der Waals surface area contributed by atoms with Crippen LogP contribution in [0.2, 0.25) is 0 Å². The van der Waals surface area contributed by atoms with Gasteiger partial charge < -0.3 is 9.84 Å². The van der Waals surface area contributed by atoms with E-state index in [1.165, 1.54) is 57.8 Å². The molecule has 4 saturated carbocycles. The minimum atomic E-state index is -0.124. The molecule has 166 valence electrons. The first-order chi connectivity index (χ1) is 13.7. The van der Waals surface area contributed by atoms with E-state index in [1.807, 2.05) is 0 Å². The summed E-state index contributed by atoms with van der Waals surface area (Å²) in [5.41, 5.74) is 0.932. The molecule has 1 N–H and O–H groups in total. The van der Waals surface area contributed by atoms with Crippen molar-refractivity contribution in [3.05, 3.63) is 0 Å². The average molecular weight is 403 g/mol. The summed E-state index contributed by atoms with van der Waals surface area (Å²) in [5.74, 6) is 5.31. The molecular formula is C27H46O2.